The van der Waals surface area contributed by atoms with E-state index in [0.29, 0.717) is 24.5 Å². The maximum Gasteiger partial charge on any atom is 0.251 e. The highest BCUT2D eigenvalue weighted by molar-refractivity contribution is 5.99. The molecule has 6 nitrogen and oxygen atoms in total. The first-order valence-electron chi connectivity index (χ1n) is 10.7. The van der Waals surface area contributed by atoms with Crippen molar-refractivity contribution >= 4 is 16.8 Å². The van der Waals surface area contributed by atoms with E-state index in [1.807, 2.05) is 73.7 Å². The van der Waals surface area contributed by atoms with Crippen LogP contribution in [0.2, 0.25) is 0 Å². The van der Waals surface area contributed by atoms with Crippen molar-refractivity contribution in [2.75, 3.05) is 20.8 Å². The molecular weight excluding hydrogens is 416 g/mol. The van der Waals surface area contributed by atoms with Crippen molar-refractivity contribution in [1.29, 1.82) is 0 Å². The summed E-state index contributed by atoms with van der Waals surface area (Å²) in [6.45, 7) is 2.86. The lowest BCUT2D eigenvalue weighted by Gasteiger charge is -2.12. The molecule has 0 fully saturated rings. The third-order valence-electron chi connectivity index (χ3n) is 5.31. The number of benzene rings is 3. The van der Waals surface area contributed by atoms with E-state index in [9.17, 15) is 4.79 Å². The molecule has 4 rings (SSSR count). The zero-order chi connectivity index (χ0) is 23.2. The lowest BCUT2D eigenvalue weighted by molar-refractivity contribution is 0.0951. The first kappa shape index (κ1) is 22.1. The Hall–Kier alpha value is -4.06. The highest BCUT2D eigenvalue weighted by Gasteiger charge is 2.13. The van der Waals surface area contributed by atoms with Crippen LogP contribution in [0, 0.1) is 0 Å². The summed E-state index contributed by atoms with van der Waals surface area (Å²) in [5.41, 5.74) is 4.00. The molecule has 0 unspecified atom stereocenters. The van der Waals surface area contributed by atoms with Gasteiger partial charge in [0.2, 0.25) is 0 Å². The SMILES string of the molecule is CCOc1cc(-c2cccc(OC)c2)nc2ccc(C(=O)NCc3ccc(OC)cc3)cc12. The molecule has 168 valence electrons. The van der Waals surface area contributed by atoms with E-state index in [1.54, 1.807) is 20.3 Å². The minimum absolute atomic E-state index is 0.160. The van der Waals surface area contributed by atoms with Crippen LogP contribution >= 0.6 is 0 Å². The molecule has 0 saturated carbocycles. The summed E-state index contributed by atoms with van der Waals surface area (Å²) in [5, 5.41) is 3.76. The standard InChI is InChI=1S/C27H26N2O4/c1-4-33-26-16-25(19-6-5-7-22(14-19)32-3)29-24-13-10-20(15-23(24)26)27(30)28-17-18-8-11-21(31-2)12-9-18/h5-16H,4,17H2,1-3H3,(H,28,30). The van der Waals surface area contributed by atoms with Gasteiger partial charge in [-0.1, -0.05) is 24.3 Å². The average molecular weight is 443 g/mol. The molecule has 0 radical (unpaired) electrons. The lowest BCUT2D eigenvalue weighted by atomic mass is 10.1. The van der Waals surface area contributed by atoms with Gasteiger partial charge in [-0.15, -0.1) is 0 Å². The monoisotopic (exact) mass is 442 g/mol. The molecule has 1 heterocycles. The van der Waals surface area contributed by atoms with E-state index in [4.69, 9.17) is 19.2 Å². The molecular formula is C27H26N2O4. The van der Waals surface area contributed by atoms with Gasteiger partial charge in [0.1, 0.15) is 17.2 Å². The van der Waals surface area contributed by atoms with Crippen molar-refractivity contribution in [2.45, 2.75) is 13.5 Å². The molecule has 6 heteroatoms. The van der Waals surface area contributed by atoms with Crippen molar-refractivity contribution in [3.8, 4) is 28.5 Å². The van der Waals surface area contributed by atoms with Crippen LogP contribution in [0.3, 0.4) is 0 Å². The van der Waals surface area contributed by atoms with Crippen LogP contribution in [0.25, 0.3) is 22.2 Å². The Balaban J connectivity index is 1.61. The van der Waals surface area contributed by atoms with E-state index < -0.39 is 0 Å². The molecule has 0 saturated heterocycles. The fourth-order valence-electron chi connectivity index (χ4n) is 3.57. The maximum atomic E-state index is 12.8. The topological polar surface area (TPSA) is 69.7 Å². The van der Waals surface area contributed by atoms with Gasteiger partial charge in [-0.05, 0) is 55.0 Å². The van der Waals surface area contributed by atoms with Crippen LogP contribution in [0.5, 0.6) is 17.2 Å². The third kappa shape index (κ3) is 5.06. The fourth-order valence-corrected chi connectivity index (χ4v) is 3.57. The molecule has 0 spiro atoms. The van der Waals surface area contributed by atoms with Crippen molar-refractivity contribution in [3.63, 3.8) is 0 Å². The number of fused-ring (bicyclic) bond motifs is 1. The van der Waals surface area contributed by atoms with Crippen LogP contribution < -0.4 is 19.5 Å². The van der Waals surface area contributed by atoms with Gasteiger partial charge in [0.15, 0.2) is 0 Å². The first-order chi connectivity index (χ1) is 16.1. The summed E-state index contributed by atoms with van der Waals surface area (Å²) < 4.78 is 16.4. The number of aromatic nitrogens is 1. The van der Waals surface area contributed by atoms with E-state index in [0.717, 1.165) is 39.2 Å². The number of carbonyl (C=O) groups excluding carboxylic acids is 1. The zero-order valence-corrected chi connectivity index (χ0v) is 18.9. The third-order valence-corrected chi connectivity index (χ3v) is 5.31. The number of hydrogen-bond donors (Lipinski definition) is 1. The molecule has 33 heavy (non-hydrogen) atoms. The normalized spacial score (nSPS) is 10.6. The summed E-state index contributed by atoms with van der Waals surface area (Å²) in [4.78, 5) is 17.6. The van der Waals surface area contributed by atoms with Gasteiger partial charge in [0.05, 0.1) is 32.0 Å². The minimum atomic E-state index is -0.160. The van der Waals surface area contributed by atoms with Crippen LogP contribution in [-0.4, -0.2) is 31.7 Å². The number of ether oxygens (including phenoxy) is 3. The van der Waals surface area contributed by atoms with Gasteiger partial charge < -0.3 is 19.5 Å². The Labute approximate surface area is 193 Å². The van der Waals surface area contributed by atoms with E-state index in [-0.39, 0.29) is 5.91 Å². The minimum Gasteiger partial charge on any atom is -0.497 e. The number of rotatable bonds is 8. The first-order valence-corrected chi connectivity index (χ1v) is 10.7. The summed E-state index contributed by atoms with van der Waals surface area (Å²) in [6.07, 6.45) is 0. The molecule has 0 bridgehead atoms. The Morgan fingerprint density at radius 3 is 2.42 bits per heavy atom. The van der Waals surface area contributed by atoms with E-state index >= 15 is 0 Å². The number of carbonyl (C=O) groups is 1. The van der Waals surface area contributed by atoms with Crippen molar-refractivity contribution in [2.24, 2.45) is 0 Å². The quantitative estimate of drug-likeness (QED) is 0.404. The molecule has 0 aliphatic rings. The summed E-state index contributed by atoms with van der Waals surface area (Å²) in [7, 11) is 3.27. The molecule has 3 aromatic carbocycles. The highest BCUT2D eigenvalue weighted by Crippen LogP contribution is 2.32. The number of nitrogens with zero attached hydrogens (tertiary/aromatic N) is 1. The maximum absolute atomic E-state index is 12.8. The molecule has 1 N–H and O–H groups in total. The summed E-state index contributed by atoms with van der Waals surface area (Å²) in [5.74, 6) is 2.07. The van der Waals surface area contributed by atoms with Crippen LogP contribution in [0.15, 0.2) is 72.8 Å². The number of pyridine rings is 1. The zero-order valence-electron chi connectivity index (χ0n) is 18.9. The molecule has 0 aliphatic heterocycles. The van der Waals surface area contributed by atoms with E-state index in [1.165, 1.54) is 0 Å². The molecule has 0 atom stereocenters. The second kappa shape index (κ2) is 10.0. The van der Waals surface area contributed by atoms with Crippen LogP contribution in [0.1, 0.15) is 22.8 Å². The predicted octanol–water partition coefficient (Wildman–Crippen LogP) is 5.25. The van der Waals surface area contributed by atoms with Gasteiger partial charge in [-0.2, -0.15) is 0 Å². The smallest absolute Gasteiger partial charge is 0.251 e. The number of methoxy groups -OCH3 is 2. The second-order valence-electron chi connectivity index (χ2n) is 7.43. The van der Waals surface area contributed by atoms with Crippen molar-refractivity contribution < 1.29 is 19.0 Å². The number of amides is 1. The predicted molar refractivity (Wildman–Crippen MR) is 129 cm³/mol. The Morgan fingerprint density at radius 1 is 0.909 bits per heavy atom. The molecule has 1 amide bonds. The van der Waals surface area contributed by atoms with Crippen LogP contribution in [-0.2, 0) is 6.54 Å². The Kier molecular flexibility index (Phi) is 6.74. The van der Waals surface area contributed by atoms with E-state index in [2.05, 4.69) is 5.32 Å². The Bertz CT molecular complexity index is 1270. The largest absolute Gasteiger partial charge is 0.497 e. The highest BCUT2D eigenvalue weighted by atomic mass is 16.5. The molecule has 0 aliphatic carbocycles. The summed E-state index contributed by atoms with van der Waals surface area (Å²) >= 11 is 0. The Morgan fingerprint density at radius 2 is 1.70 bits per heavy atom. The fraction of sp³-hybridized carbons (Fsp3) is 0.185. The van der Waals surface area contributed by atoms with Gasteiger partial charge in [0.25, 0.3) is 5.91 Å². The van der Waals surface area contributed by atoms with Gasteiger partial charge >= 0.3 is 0 Å². The van der Waals surface area contributed by atoms with Gasteiger partial charge in [-0.25, -0.2) is 4.98 Å². The van der Waals surface area contributed by atoms with Gasteiger partial charge in [0, 0.05) is 29.1 Å². The van der Waals surface area contributed by atoms with Gasteiger partial charge in [-0.3, -0.25) is 4.79 Å². The summed E-state index contributed by atoms with van der Waals surface area (Å²) in [6, 6.07) is 22.7. The number of nitrogens with one attached hydrogen (secondary N) is 1. The second-order valence-corrected chi connectivity index (χ2v) is 7.43. The molecule has 1 aromatic heterocycles. The lowest BCUT2D eigenvalue weighted by Crippen LogP contribution is -2.22. The average Bonchev–Trinajstić information content (AvgIpc) is 2.87. The number of hydrogen-bond acceptors (Lipinski definition) is 5. The van der Waals surface area contributed by atoms with Crippen molar-refractivity contribution in [3.05, 3.63) is 83.9 Å². The van der Waals surface area contributed by atoms with Crippen LogP contribution in [0.4, 0.5) is 0 Å². The molecule has 4 aromatic rings. The van der Waals surface area contributed by atoms with Crippen molar-refractivity contribution in [1.82, 2.24) is 10.3 Å².